The summed E-state index contributed by atoms with van der Waals surface area (Å²) in [5.41, 5.74) is 4.90. The van der Waals surface area contributed by atoms with Crippen LogP contribution in [-0.2, 0) is 0 Å². The monoisotopic (exact) mass is 266 g/mol. The minimum absolute atomic E-state index is 1.16. The number of benzene rings is 2. The van der Waals surface area contributed by atoms with Gasteiger partial charge in [0.25, 0.3) is 0 Å². The zero-order valence-electron chi connectivity index (χ0n) is 11.4. The lowest BCUT2D eigenvalue weighted by molar-refractivity contribution is 1.25. The van der Waals surface area contributed by atoms with E-state index in [-0.39, 0.29) is 0 Å². The molecule has 0 nitrogen and oxygen atoms in total. The molecular formula is C18H18S. The average molecular weight is 266 g/mol. The average Bonchev–Trinajstić information content (AvgIpc) is 2.43. The first-order valence-electron chi connectivity index (χ1n) is 6.28. The molecule has 0 atom stereocenters. The Morgan fingerprint density at radius 1 is 0.789 bits per heavy atom. The highest BCUT2D eigenvalue weighted by atomic mass is 32.2. The normalized spacial score (nSPS) is 10.2. The third-order valence-corrected chi connectivity index (χ3v) is 4.44. The van der Waals surface area contributed by atoms with Crippen molar-refractivity contribution >= 4 is 23.9 Å². The predicted octanol–water partition coefficient (Wildman–Crippen LogP) is 5.74. The van der Waals surface area contributed by atoms with Gasteiger partial charge in [0, 0.05) is 9.79 Å². The van der Waals surface area contributed by atoms with E-state index < -0.39 is 0 Å². The van der Waals surface area contributed by atoms with Crippen LogP contribution in [0.3, 0.4) is 0 Å². The first kappa shape index (κ1) is 13.7. The first-order chi connectivity index (χ1) is 9.13. The molecule has 0 aromatic heterocycles. The van der Waals surface area contributed by atoms with E-state index in [9.17, 15) is 0 Å². The highest BCUT2D eigenvalue weighted by molar-refractivity contribution is 7.99. The summed E-state index contributed by atoms with van der Waals surface area (Å²) in [5.74, 6) is 0. The van der Waals surface area contributed by atoms with Crippen molar-refractivity contribution in [2.24, 2.45) is 0 Å². The minimum atomic E-state index is 1.16. The van der Waals surface area contributed by atoms with Gasteiger partial charge in [-0.15, -0.1) is 0 Å². The van der Waals surface area contributed by atoms with Crippen molar-refractivity contribution < 1.29 is 0 Å². The Balaban J connectivity index is 2.40. The molecule has 2 aromatic carbocycles. The summed E-state index contributed by atoms with van der Waals surface area (Å²) in [7, 11) is 0. The molecule has 0 aliphatic carbocycles. The number of hydrogen-bond acceptors (Lipinski definition) is 1. The van der Waals surface area contributed by atoms with Crippen molar-refractivity contribution in [2.75, 3.05) is 0 Å². The van der Waals surface area contributed by atoms with Gasteiger partial charge in [0.05, 0.1) is 0 Å². The largest absolute Gasteiger partial charge is 0.0985 e. The third kappa shape index (κ3) is 3.18. The summed E-state index contributed by atoms with van der Waals surface area (Å²) in [6, 6.07) is 12.9. The van der Waals surface area contributed by atoms with Gasteiger partial charge in [-0.05, 0) is 48.2 Å². The van der Waals surface area contributed by atoms with Crippen molar-refractivity contribution in [1.29, 1.82) is 0 Å². The van der Waals surface area contributed by atoms with Crippen LogP contribution in [0, 0.1) is 13.8 Å². The maximum Gasteiger partial charge on any atom is 0.0157 e. The van der Waals surface area contributed by atoms with Gasteiger partial charge < -0.3 is 0 Å². The summed E-state index contributed by atoms with van der Waals surface area (Å²) in [4.78, 5) is 2.56. The second-order valence-electron chi connectivity index (χ2n) is 4.56. The van der Waals surface area contributed by atoms with Crippen LogP contribution >= 0.6 is 11.8 Å². The van der Waals surface area contributed by atoms with Crippen molar-refractivity contribution in [1.82, 2.24) is 0 Å². The number of hydrogen-bond donors (Lipinski definition) is 0. The van der Waals surface area contributed by atoms with Crippen molar-refractivity contribution in [3.05, 3.63) is 71.8 Å². The van der Waals surface area contributed by atoms with Gasteiger partial charge in [0.15, 0.2) is 0 Å². The summed E-state index contributed by atoms with van der Waals surface area (Å²) >= 11 is 1.80. The summed E-state index contributed by atoms with van der Waals surface area (Å²) < 4.78 is 0. The van der Waals surface area contributed by atoms with Crippen LogP contribution in [0.4, 0.5) is 0 Å². The van der Waals surface area contributed by atoms with E-state index in [1.165, 1.54) is 20.9 Å². The van der Waals surface area contributed by atoms with Gasteiger partial charge in [-0.1, -0.05) is 61.3 Å². The zero-order chi connectivity index (χ0) is 13.8. The fourth-order valence-corrected chi connectivity index (χ4v) is 2.91. The van der Waals surface area contributed by atoms with Crippen LogP contribution in [0.1, 0.15) is 22.3 Å². The van der Waals surface area contributed by atoms with E-state index >= 15 is 0 Å². The molecule has 0 aliphatic rings. The van der Waals surface area contributed by atoms with Crippen molar-refractivity contribution in [3.63, 3.8) is 0 Å². The lowest BCUT2D eigenvalue weighted by atomic mass is 10.1. The number of rotatable bonds is 4. The molecule has 0 fully saturated rings. The summed E-state index contributed by atoms with van der Waals surface area (Å²) in [6.07, 6.45) is 3.77. The van der Waals surface area contributed by atoms with Gasteiger partial charge in [-0.2, -0.15) is 0 Å². The lowest BCUT2D eigenvalue weighted by Gasteiger charge is -2.10. The Kier molecular flexibility index (Phi) is 4.28. The van der Waals surface area contributed by atoms with Crippen molar-refractivity contribution in [3.8, 4) is 0 Å². The molecule has 0 unspecified atom stereocenters. The molecule has 0 heterocycles. The lowest BCUT2D eigenvalue weighted by Crippen LogP contribution is -1.85. The Morgan fingerprint density at radius 3 is 1.58 bits per heavy atom. The van der Waals surface area contributed by atoms with E-state index in [0.29, 0.717) is 0 Å². The van der Waals surface area contributed by atoms with Gasteiger partial charge >= 0.3 is 0 Å². The van der Waals surface area contributed by atoms with E-state index in [1.807, 2.05) is 12.2 Å². The Hall–Kier alpha value is -1.73. The molecule has 0 saturated carbocycles. The Bertz CT molecular complexity index is 568. The number of aryl methyl sites for hydroxylation is 2. The maximum atomic E-state index is 3.83. The summed E-state index contributed by atoms with van der Waals surface area (Å²) in [6.45, 7) is 11.9. The van der Waals surface area contributed by atoms with Crippen molar-refractivity contribution in [2.45, 2.75) is 23.6 Å². The van der Waals surface area contributed by atoms with Gasteiger partial charge in [-0.3, -0.25) is 0 Å². The molecule has 0 aliphatic heterocycles. The third-order valence-electron chi connectivity index (χ3n) is 3.12. The van der Waals surface area contributed by atoms with Crippen LogP contribution < -0.4 is 0 Å². The van der Waals surface area contributed by atoms with E-state index in [2.05, 4.69) is 63.4 Å². The molecule has 2 aromatic rings. The van der Waals surface area contributed by atoms with E-state index in [1.54, 1.807) is 11.8 Å². The molecule has 96 valence electrons. The zero-order valence-corrected chi connectivity index (χ0v) is 12.3. The topological polar surface area (TPSA) is 0 Å². The Morgan fingerprint density at radius 2 is 1.21 bits per heavy atom. The fraction of sp³-hybridized carbons (Fsp3) is 0.111. The molecule has 0 radical (unpaired) electrons. The van der Waals surface area contributed by atoms with Crippen LogP contribution in [-0.4, -0.2) is 0 Å². The van der Waals surface area contributed by atoms with Gasteiger partial charge in [0.1, 0.15) is 0 Å². The standard InChI is InChI=1S/C18H18S/c1-5-15-9-7-13(3)17(11-15)19-18-12-16(6-2)10-8-14(18)4/h5-12H,1-2H2,3-4H3. The Labute approximate surface area is 119 Å². The molecule has 0 amide bonds. The second kappa shape index (κ2) is 5.94. The summed E-state index contributed by atoms with van der Waals surface area (Å²) in [5, 5.41) is 0. The van der Waals surface area contributed by atoms with Crippen LogP contribution in [0.25, 0.3) is 12.2 Å². The molecule has 0 bridgehead atoms. The van der Waals surface area contributed by atoms with Crippen LogP contribution in [0.5, 0.6) is 0 Å². The molecular weight excluding hydrogens is 248 g/mol. The molecule has 1 heteroatoms. The molecule has 19 heavy (non-hydrogen) atoms. The van der Waals surface area contributed by atoms with E-state index in [4.69, 9.17) is 0 Å². The predicted molar refractivity (Wildman–Crippen MR) is 86.7 cm³/mol. The fourth-order valence-electron chi connectivity index (χ4n) is 1.83. The van der Waals surface area contributed by atoms with Crippen LogP contribution in [0.2, 0.25) is 0 Å². The molecule has 0 N–H and O–H groups in total. The van der Waals surface area contributed by atoms with Crippen LogP contribution in [0.15, 0.2) is 59.3 Å². The minimum Gasteiger partial charge on any atom is -0.0985 e. The van der Waals surface area contributed by atoms with Gasteiger partial charge in [0.2, 0.25) is 0 Å². The van der Waals surface area contributed by atoms with E-state index in [0.717, 1.165) is 11.1 Å². The molecule has 2 rings (SSSR count). The maximum absolute atomic E-state index is 3.83. The molecule has 0 spiro atoms. The smallest absolute Gasteiger partial charge is 0.0157 e. The van der Waals surface area contributed by atoms with Gasteiger partial charge in [-0.25, -0.2) is 0 Å². The SMILES string of the molecule is C=Cc1ccc(C)c(Sc2cc(C=C)ccc2C)c1. The second-order valence-corrected chi connectivity index (χ2v) is 5.64. The molecule has 0 saturated heterocycles. The highest BCUT2D eigenvalue weighted by Crippen LogP contribution is 2.34. The first-order valence-corrected chi connectivity index (χ1v) is 7.09. The quantitative estimate of drug-likeness (QED) is 0.680. The highest BCUT2D eigenvalue weighted by Gasteiger charge is 2.05.